The quantitative estimate of drug-likeness (QED) is 0.708. The van der Waals surface area contributed by atoms with E-state index in [1.54, 1.807) is 12.1 Å². The highest BCUT2D eigenvalue weighted by Gasteiger charge is 2.00. The van der Waals surface area contributed by atoms with E-state index in [4.69, 9.17) is 27.8 Å². The molecule has 5 heteroatoms. The topological polar surface area (TPSA) is 78.3 Å². The molecule has 1 rings (SSSR count). The summed E-state index contributed by atoms with van der Waals surface area (Å²) in [6.07, 6.45) is 0. The second-order valence-electron chi connectivity index (χ2n) is 2.44. The third kappa shape index (κ3) is 2.83. The molecule has 0 aromatic heterocycles. The van der Waals surface area contributed by atoms with Crippen molar-refractivity contribution in [1.82, 2.24) is 0 Å². The Labute approximate surface area is 80.4 Å². The van der Waals surface area contributed by atoms with Crippen LogP contribution in [0.5, 0.6) is 5.75 Å². The van der Waals surface area contributed by atoms with Gasteiger partial charge in [-0.05, 0) is 12.1 Å². The second kappa shape index (κ2) is 4.00. The normalized spacial score (nSPS) is 9.62. The molecule has 1 aromatic rings. The largest absolute Gasteiger partial charge is 0.484 e. The van der Waals surface area contributed by atoms with Gasteiger partial charge < -0.3 is 16.2 Å². The van der Waals surface area contributed by atoms with Gasteiger partial charge >= 0.3 is 0 Å². The Morgan fingerprint density at radius 1 is 1.54 bits per heavy atom. The van der Waals surface area contributed by atoms with E-state index >= 15 is 0 Å². The Hall–Kier alpha value is -1.42. The summed E-state index contributed by atoms with van der Waals surface area (Å²) in [7, 11) is 0. The number of anilines is 1. The fourth-order valence-corrected chi connectivity index (χ4v) is 0.923. The minimum atomic E-state index is -0.534. The van der Waals surface area contributed by atoms with Crippen LogP contribution in [-0.2, 0) is 4.79 Å². The van der Waals surface area contributed by atoms with Gasteiger partial charge in [0.1, 0.15) is 5.75 Å². The van der Waals surface area contributed by atoms with Crippen LogP contribution in [0, 0.1) is 0 Å². The maximum absolute atomic E-state index is 10.4. The van der Waals surface area contributed by atoms with Crippen molar-refractivity contribution in [3.63, 3.8) is 0 Å². The maximum atomic E-state index is 10.4. The molecule has 4 N–H and O–H groups in total. The van der Waals surface area contributed by atoms with Gasteiger partial charge in [-0.2, -0.15) is 0 Å². The van der Waals surface area contributed by atoms with E-state index in [2.05, 4.69) is 0 Å². The average Bonchev–Trinajstić information content (AvgIpc) is 2.07. The number of carbonyl (C=O) groups is 1. The zero-order valence-corrected chi connectivity index (χ0v) is 7.54. The number of nitrogens with two attached hydrogens (primary N) is 2. The van der Waals surface area contributed by atoms with Gasteiger partial charge in [-0.3, -0.25) is 4.79 Å². The number of hydrogen-bond acceptors (Lipinski definition) is 3. The molecule has 4 nitrogen and oxygen atoms in total. The van der Waals surface area contributed by atoms with Crippen LogP contribution in [0.3, 0.4) is 0 Å². The zero-order valence-electron chi connectivity index (χ0n) is 6.79. The fourth-order valence-electron chi connectivity index (χ4n) is 0.752. The predicted octanol–water partition coefficient (Wildman–Crippen LogP) is 0.786. The Morgan fingerprint density at radius 2 is 2.23 bits per heavy atom. The highest BCUT2D eigenvalue weighted by molar-refractivity contribution is 6.33. The van der Waals surface area contributed by atoms with E-state index in [9.17, 15) is 4.79 Å². The molecule has 0 aliphatic heterocycles. The van der Waals surface area contributed by atoms with E-state index in [-0.39, 0.29) is 6.61 Å². The van der Waals surface area contributed by atoms with Crippen LogP contribution in [0.25, 0.3) is 0 Å². The van der Waals surface area contributed by atoms with Gasteiger partial charge in [0, 0.05) is 6.07 Å². The number of primary amides is 1. The maximum Gasteiger partial charge on any atom is 0.255 e. The van der Waals surface area contributed by atoms with E-state index in [1.807, 2.05) is 0 Å². The van der Waals surface area contributed by atoms with Crippen molar-refractivity contribution >= 4 is 23.2 Å². The van der Waals surface area contributed by atoms with Crippen molar-refractivity contribution in [3.8, 4) is 5.75 Å². The van der Waals surface area contributed by atoms with Crippen molar-refractivity contribution in [1.29, 1.82) is 0 Å². The molecule has 0 unspecified atom stereocenters. The lowest BCUT2D eigenvalue weighted by atomic mass is 10.3. The number of halogens is 1. The van der Waals surface area contributed by atoms with Crippen molar-refractivity contribution in [2.45, 2.75) is 0 Å². The summed E-state index contributed by atoms with van der Waals surface area (Å²) < 4.78 is 4.99. The lowest BCUT2D eigenvalue weighted by Crippen LogP contribution is -2.19. The first-order chi connectivity index (χ1) is 6.09. The highest BCUT2D eigenvalue weighted by atomic mass is 35.5. The van der Waals surface area contributed by atoms with Crippen LogP contribution in [0.4, 0.5) is 5.69 Å². The molecule has 0 heterocycles. The third-order valence-electron chi connectivity index (χ3n) is 1.35. The minimum Gasteiger partial charge on any atom is -0.484 e. The molecule has 0 saturated carbocycles. The van der Waals surface area contributed by atoms with Crippen molar-refractivity contribution < 1.29 is 9.53 Å². The van der Waals surface area contributed by atoms with Crippen molar-refractivity contribution in [3.05, 3.63) is 23.2 Å². The Balaban J connectivity index is 2.68. The molecule has 0 aliphatic rings. The Kier molecular flexibility index (Phi) is 2.97. The summed E-state index contributed by atoms with van der Waals surface area (Å²) in [6.45, 7) is -0.166. The first-order valence-electron chi connectivity index (χ1n) is 3.55. The summed E-state index contributed by atoms with van der Waals surface area (Å²) in [6, 6.07) is 4.74. The summed E-state index contributed by atoms with van der Waals surface area (Å²) in [5, 5.41) is 0.391. The van der Waals surface area contributed by atoms with Crippen LogP contribution >= 0.6 is 11.6 Å². The summed E-state index contributed by atoms with van der Waals surface area (Å²) >= 11 is 5.71. The molecule has 0 radical (unpaired) electrons. The molecule has 0 aliphatic carbocycles. The van der Waals surface area contributed by atoms with Gasteiger partial charge in [-0.1, -0.05) is 11.6 Å². The zero-order chi connectivity index (χ0) is 9.84. The molecule has 70 valence electrons. The molecule has 0 saturated heterocycles. The number of benzene rings is 1. The summed E-state index contributed by atoms with van der Waals surface area (Å²) in [5.41, 5.74) is 10.8. The molecule has 1 aromatic carbocycles. The van der Waals surface area contributed by atoms with Gasteiger partial charge in [0.25, 0.3) is 5.91 Å². The van der Waals surface area contributed by atoms with Gasteiger partial charge in [0.05, 0.1) is 10.7 Å². The Bertz CT molecular complexity index is 328. The summed E-state index contributed by atoms with van der Waals surface area (Å²) in [5.74, 6) is -0.0639. The van der Waals surface area contributed by atoms with Crippen LogP contribution in [0.15, 0.2) is 18.2 Å². The lowest BCUT2D eigenvalue weighted by molar-refractivity contribution is -0.119. The minimum absolute atomic E-state index is 0.166. The number of nitrogen functional groups attached to an aromatic ring is 1. The van der Waals surface area contributed by atoms with Gasteiger partial charge in [-0.15, -0.1) is 0 Å². The smallest absolute Gasteiger partial charge is 0.255 e. The molecule has 13 heavy (non-hydrogen) atoms. The predicted molar refractivity (Wildman–Crippen MR) is 50.6 cm³/mol. The molecule has 0 spiro atoms. The number of ether oxygens (including phenoxy) is 1. The van der Waals surface area contributed by atoms with E-state index in [0.29, 0.717) is 16.5 Å². The lowest BCUT2D eigenvalue weighted by Gasteiger charge is -2.04. The van der Waals surface area contributed by atoms with E-state index in [1.165, 1.54) is 6.07 Å². The molecular weight excluding hydrogens is 192 g/mol. The third-order valence-corrected chi connectivity index (χ3v) is 1.68. The van der Waals surface area contributed by atoms with Gasteiger partial charge in [0.15, 0.2) is 6.61 Å². The van der Waals surface area contributed by atoms with Gasteiger partial charge in [-0.25, -0.2) is 0 Å². The molecule has 1 amide bonds. The van der Waals surface area contributed by atoms with Crippen LogP contribution in [0.2, 0.25) is 5.02 Å². The van der Waals surface area contributed by atoms with Crippen LogP contribution in [0.1, 0.15) is 0 Å². The average molecular weight is 201 g/mol. The molecule has 0 fully saturated rings. The number of carbonyl (C=O) groups excluding carboxylic acids is 1. The van der Waals surface area contributed by atoms with Crippen molar-refractivity contribution in [2.24, 2.45) is 5.73 Å². The monoisotopic (exact) mass is 200 g/mol. The highest BCUT2D eigenvalue weighted by Crippen LogP contribution is 2.23. The first-order valence-corrected chi connectivity index (χ1v) is 3.93. The van der Waals surface area contributed by atoms with Crippen LogP contribution < -0.4 is 16.2 Å². The summed E-state index contributed by atoms with van der Waals surface area (Å²) in [4.78, 5) is 10.4. The first kappa shape index (κ1) is 9.67. The Morgan fingerprint density at radius 3 is 2.77 bits per heavy atom. The standard InChI is InChI=1S/C8H9ClN2O2/c9-6-3-5(1-2-7(6)10)13-4-8(11)12/h1-3H,4,10H2,(H2,11,12). The number of rotatable bonds is 3. The number of amides is 1. The van der Waals surface area contributed by atoms with E-state index in [0.717, 1.165) is 0 Å². The van der Waals surface area contributed by atoms with Crippen molar-refractivity contribution in [2.75, 3.05) is 12.3 Å². The number of hydrogen-bond donors (Lipinski definition) is 2. The second-order valence-corrected chi connectivity index (χ2v) is 2.85. The fraction of sp³-hybridized carbons (Fsp3) is 0.125. The molecule has 0 atom stereocenters. The van der Waals surface area contributed by atoms with Gasteiger partial charge in [0.2, 0.25) is 0 Å². The molecular formula is C8H9ClN2O2. The van der Waals surface area contributed by atoms with Crippen LogP contribution in [-0.4, -0.2) is 12.5 Å². The van der Waals surface area contributed by atoms with E-state index < -0.39 is 5.91 Å². The SMILES string of the molecule is NC(=O)COc1ccc(N)c(Cl)c1. The molecule has 0 bridgehead atoms.